The number of ether oxygens (including phenoxy) is 1. The second-order valence-corrected chi connectivity index (χ2v) is 3.01. The summed E-state index contributed by atoms with van der Waals surface area (Å²) < 4.78 is 4.89. The van der Waals surface area contributed by atoms with Crippen LogP contribution in [-0.2, 0) is 9.90 Å². The Balaban J connectivity index is 2.84. The average molecular weight is 207 g/mol. The van der Waals surface area contributed by atoms with Crippen molar-refractivity contribution in [3.05, 3.63) is 29.8 Å². The van der Waals surface area contributed by atoms with E-state index in [0.717, 1.165) is 0 Å². The predicted octanol–water partition coefficient (Wildman–Crippen LogP) is 1.96. The fourth-order valence-electron chi connectivity index (χ4n) is 1.10. The number of hydrogen-bond donors (Lipinski definition) is 0. The number of carbonyl (C=O) groups excluding carboxylic acids is 2. The fraction of sp³-hybridized carbons (Fsp3) is 0.273. The molecule has 0 saturated heterocycles. The van der Waals surface area contributed by atoms with Gasteiger partial charge in [0.05, 0.1) is 0 Å². The lowest BCUT2D eigenvalue weighted by atomic mass is 10.2. The van der Waals surface area contributed by atoms with Crippen molar-refractivity contribution in [3.8, 4) is 5.75 Å². The van der Waals surface area contributed by atoms with Crippen molar-refractivity contribution in [3.63, 3.8) is 0 Å². The number of benzene rings is 1. The summed E-state index contributed by atoms with van der Waals surface area (Å²) in [6.45, 7) is 1.84. The Morgan fingerprint density at radius 2 is 1.93 bits per heavy atom. The summed E-state index contributed by atoms with van der Waals surface area (Å²) in [7, 11) is 0. The van der Waals surface area contributed by atoms with Gasteiger partial charge in [0.25, 0.3) is 0 Å². The zero-order valence-electron chi connectivity index (χ0n) is 8.36. The lowest BCUT2D eigenvalue weighted by Gasteiger charge is -2.05. The van der Waals surface area contributed by atoms with E-state index in [0.29, 0.717) is 6.42 Å². The number of carbonyl (C=O) groups is 2. The van der Waals surface area contributed by atoms with Crippen LogP contribution in [0.3, 0.4) is 0 Å². The molecular formula is C11H11O4. The van der Waals surface area contributed by atoms with Crippen molar-refractivity contribution >= 4 is 11.9 Å². The molecule has 0 N–H and O–H groups in total. The van der Waals surface area contributed by atoms with Crippen molar-refractivity contribution in [2.24, 2.45) is 0 Å². The lowest BCUT2D eigenvalue weighted by molar-refractivity contribution is -0.134. The molecule has 1 rings (SSSR count). The molecule has 0 amide bonds. The quantitative estimate of drug-likeness (QED) is 0.560. The minimum absolute atomic E-state index is 0.0379. The van der Waals surface area contributed by atoms with Gasteiger partial charge < -0.3 is 4.74 Å². The molecule has 4 heteroatoms. The van der Waals surface area contributed by atoms with Gasteiger partial charge in [-0.15, -0.1) is 0 Å². The highest BCUT2D eigenvalue weighted by atomic mass is 16.5. The second-order valence-electron chi connectivity index (χ2n) is 3.01. The third-order valence-electron chi connectivity index (χ3n) is 1.78. The van der Waals surface area contributed by atoms with Gasteiger partial charge in [0, 0.05) is 6.42 Å². The van der Waals surface area contributed by atoms with Crippen molar-refractivity contribution in [1.29, 1.82) is 0 Å². The molecule has 0 saturated carbocycles. The molecule has 1 radical (unpaired) electrons. The molecule has 0 atom stereocenters. The number of rotatable bonds is 4. The molecule has 1 aromatic carbocycles. The third kappa shape index (κ3) is 3.09. The Labute approximate surface area is 87.5 Å². The first-order valence-electron chi connectivity index (χ1n) is 4.66. The van der Waals surface area contributed by atoms with Gasteiger partial charge in [-0.25, -0.2) is 9.90 Å². The van der Waals surface area contributed by atoms with Gasteiger partial charge in [-0.1, -0.05) is 19.1 Å². The van der Waals surface area contributed by atoms with Crippen LogP contribution in [-0.4, -0.2) is 11.9 Å². The molecule has 0 fully saturated rings. The summed E-state index contributed by atoms with van der Waals surface area (Å²) in [4.78, 5) is 21.8. The second kappa shape index (κ2) is 5.14. The maximum absolute atomic E-state index is 11.2. The highest BCUT2D eigenvalue weighted by molar-refractivity contribution is 5.91. The summed E-state index contributed by atoms with van der Waals surface area (Å²) in [5.41, 5.74) is -0.109. The van der Waals surface area contributed by atoms with Crippen molar-refractivity contribution in [2.45, 2.75) is 19.8 Å². The highest BCUT2D eigenvalue weighted by Gasteiger charge is 2.14. The molecule has 0 bridgehead atoms. The Kier molecular flexibility index (Phi) is 3.85. The van der Waals surface area contributed by atoms with Crippen LogP contribution in [0.15, 0.2) is 24.3 Å². The topological polar surface area (TPSA) is 63.3 Å². The minimum atomic E-state index is -1.35. The van der Waals surface area contributed by atoms with Gasteiger partial charge in [0.2, 0.25) is 0 Å². The molecular weight excluding hydrogens is 196 g/mol. The molecule has 0 aliphatic rings. The molecule has 0 aliphatic carbocycles. The maximum Gasteiger partial charge on any atom is 0.390 e. The summed E-state index contributed by atoms with van der Waals surface area (Å²) in [6, 6.07) is 5.91. The molecule has 0 aromatic heterocycles. The average Bonchev–Trinajstić information content (AvgIpc) is 2.18. The van der Waals surface area contributed by atoms with Crippen LogP contribution >= 0.6 is 0 Å². The summed E-state index contributed by atoms with van der Waals surface area (Å²) in [5, 5.41) is 10.7. The fourth-order valence-corrected chi connectivity index (χ4v) is 1.10. The number of esters is 1. The monoisotopic (exact) mass is 207 g/mol. The third-order valence-corrected chi connectivity index (χ3v) is 1.78. The molecule has 15 heavy (non-hydrogen) atoms. The van der Waals surface area contributed by atoms with E-state index in [4.69, 9.17) is 4.74 Å². The molecule has 0 aliphatic heterocycles. The van der Waals surface area contributed by atoms with Crippen LogP contribution in [0.2, 0.25) is 0 Å². The van der Waals surface area contributed by atoms with Gasteiger partial charge in [-0.3, -0.25) is 4.79 Å². The maximum atomic E-state index is 11.2. The van der Waals surface area contributed by atoms with Crippen LogP contribution in [0.25, 0.3) is 0 Å². The smallest absolute Gasteiger partial charge is 0.390 e. The van der Waals surface area contributed by atoms with E-state index in [1.165, 1.54) is 12.1 Å². The van der Waals surface area contributed by atoms with E-state index >= 15 is 0 Å². The van der Waals surface area contributed by atoms with Crippen molar-refractivity contribution in [1.82, 2.24) is 0 Å². The normalized spacial score (nSPS) is 9.67. The zero-order valence-corrected chi connectivity index (χ0v) is 8.36. The van der Waals surface area contributed by atoms with E-state index in [9.17, 15) is 14.7 Å². The summed E-state index contributed by atoms with van der Waals surface area (Å²) in [5.74, 6) is -1.75. The molecule has 79 valence electrons. The SMILES string of the molecule is CCCC(=O)Oc1ccccc1C([O])=O. The van der Waals surface area contributed by atoms with Crippen LogP contribution < -0.4 is 4.74 Å². The van der Waals surface area contributed by atoms with Gasteiger partial charge in [0.15, 0.2) is 0 Å². The van der Waals surface area contributed by atoms with E-state index < -0.39 is 11.9 Å². The number of hydrogen-bond acceptors (Lipinski definition) is 3. The zero-order chi connectivity index (χ0) is 11.3. The van der Waals surface area contributed by atoms with Crippen LogP contribution in [0.4, 0.5) is 0 Å². The van der Waals surface area contributed by atoms with E-state index in [-0.39, 0.29) is 17.7 Å². The van der Waals surface area contributed by atoms with Gasteiger partial charge in [-0.2, -0.15) is 0 Å². The van der Waals surface area contributed by atoms with Crippen LogP contribution in [0, 0.1) is 0 Å². The minimum Gasteiger partial charge on any atom is -0.426 e. The Bertz CT molecular complexity index is 371. The predicted molar refractivity (Wildman–Crippen MR) is 52.0 cm³/mol. The summed E-state index contributed by atoms with van der Waals surface area (Å²) in [6.07, 6.45) is 0.924. The van der Waals surface area contributed by atoms with E-state index in [1.807, 2.05) is 6.92 Å². The summed E-state index contributed by atoms with van der Waals surface area (Å²) >= 11 is 0. The first-order valence-corrected chi connectivity index (χ1v) is 4.66. The van der Waals surface area contributed by atoms with Crippen LogP contribution in [0.5, 0.6) is 5.75 Å². The highest BCUT2D eigenvalue weighted by Crippen LogP contribution is 2.18. The van der Waals surface area contributed by atoms with Crippen molar-refractivity contribution in [2.75, 3.05) is 0 Å². The van der Waals surface area contributed by atoms with E-state index in [2.05, 4.69) is 0 Å². The Morgan fingerprint density at radius 3 is 2.53 bits per heavy atom. The van der Waals surface area contributed by atoms with Gasteiger partial charge in [-0.05, 0) is 18.6 Å². The largest absolute Gasteiger partial charge is 0.426 e. The number of para-hydroxylation sites is 1. The van der Waals surface area contributed by atoms with Gasteiger partial charge in [0.1, 0.15) is 11.3 Å². The Hall–Kier alpha value is -1.84. The molecule has 0 spiro atoms. The van der Waals surface area contributed by atoms with E-state index in [1.54, 1.807) is 12.1 Å². The molecule has 4 nitrogen and oxygen atoms in total. The Morgan fingerprint density at radius 1 is 1.27 bits per heavy atom. The lowest BCUT2D eigenvalue weighted by Crippen LogP contribution is -2.09. The first-order chi connectivity index (χ1) is 7.15. The van der Waals surface area contributed by atoms with Gasteiger partial charge >= 0.3 is 11.9 Å². The van der Waals surface area contributed by atoms with Crippen molar-refractivity contribution < 1.29 is 19.4 Å². The molecule has 1 aromatic rings. The van der Waals surface area contributed by atoms with Crippen LogP contribution in [0.1, 0.15) is 30.1 Å². The first kappa shape index (κ1) is 11.2. The standard InChI is InChI=1S/C11H11O4/c1-2-5-10(12)15-9-7-4-3-6-8(9)11(13)14/h3-4,6-7H,2,5H2,1H3. The molecule has 0 heterocycles. The molecule has 0 unspecified atom stereocenters.